The van der Waals surface area contributed by atoms with Crippen LogP contribution in [0.4, 0.5) is 4.39 Å². The molecular weight excluding hydrogens is 255 g/mol. The molecule has 0 aliphatic heterocycles. The lowest BCUT2D eigenvalue weighted by Gasteiger charge is -2.13. The molecule has 0 spiro atoms. The van der Waals surface area contributed by atoms with E-state index in [1.165, 1.54) is 19.2 Å². The summed E-state index contributed by atoms with van der Waals surface area (Å²) >= 11 is 6.01. The molecule has 0 aliphatic rings. The normalized spacial score (nSPS) is 12.2. The molecule has 1 aromatic carbocycles. The van der Waals surface area contributed by atoms with Gasteiger partial charge in [-0.05, 0) is 29.8 Å². The Morgan fingerprint density at radius 1 is 1.39 bits per heavy atom. The molecule has 5 heteroatoms. The molecule has 2 aromatic rings. The van der Waals surface area contributed by atoms with E-state index in [0.717, 1.165) is 0 Å². The molecule has 1 heterocycles. The lowest BCUT2D eigenvalue weighted by atomic mass is 10.0. The summed E-state index contributed by atoms with van der Waals surface area (Å²) in [4.78, 5) is 4.12. The number of benzene rings is 1. The number of aromatic nitrogens is 1. The summed E-state index contributed by atoms with van der Waals surface area (Å²) in [5.74, 6) is -0.282. The van der Waals surface area contributed by atoms with Crippen LogP contribution in [0.1, 0.15) is 17.3 Å². The molecule has 3 nitrogen and oxygen atoms in total. The molecule has 94 valence electrons. The Morgan fingerprint density at radius 2 is 2.17 bits per heavy atom. The zero-order valence-corrected chi connectivity index (χ0v) is 10.5. The highest BCUT2D eigenvalue weighted by atomic mass is 35.5. The van der Waals surface area contributed by atoms with Crippen molar-refractivity contribution in [2.75, 3.05) is 7.11 Å². The molecule has 0 amide bonds. The molecule has 0 radical (unpaired) electrons. The van der Waals surface area contributed by atoms with E-state index in [1.807, 2.05) is 0 Å². The van der Waals surface area contributed by atoms with Crippen molar-refractivity contribution in [2.45, 2.75) is 6.04 Å². The molecule has 0 aliphatic carbocycles. The van der Waals surface area contributed by atoms with Gasteiger partial charge in [0, 0.05) is 6.20 Å². The monoisotopic (exact) mass is 266 g/mol. The van der Waals surface area contributed by atoms with Gasteiger partial charge in [-0.1, -0.05) is 17.7 Å². The second-order valence-corrected chi connectivity index (χ2v) is 4.15. The van der Waals surface area contributed by atoms with Gasteiger partial charge in [0.15, 0.2) is 11.6 Å². The van der Waals surface area contributed by atoms with Crippen LogP contribution in [0.25, 0.3) is 0 Å². The maximum atomic E-state index is 13.6. The van der Waals surface area contributed by atoms with E-state index in [1.54, 1.807) is 24.4 Å². The molecule has 0 bridgehead atoms. The van der Waals surface area contributed by atoms with Gasteiger partial charge in [-0.15, -0.1) is 0 Å². The quantitative estimate of drug-likeness (QED) is 0.929. The number of hydrogen-bond donors (Lipinski definition) is 1. The van der Waals surface area contributed by atoms with Crippen molar-refractivity contribution in [1.82, 2.24) is 4.98 Å². The summed E-state index contributed by atoms with van der Waals surface area (Å²) in [6.45, 7) is 0. The molecule has 0 fully saturated rings. The van der Waals surface area contributed by atoms with Crippen molar-refractivity contribution >= 4 is 11.6 Å². The average molecular weight is 267 g/mol. The highest BCUT2D eigenvalue weighted by molar-refractivity contribution is 6.31. The summed E-state index contributed by atoms with van der Waals surface area (Å²) in [5, 5.41) is 0.459. The Kier molecular flexibility index (Phi) is 3.79. The fourth-order valence-electron chi connectivity index (χ4n) is 1.66. The maximum absolute atomic E-state index is 13.6. The zero-order valence-electron chi connectivity index (χ0n) is 9.73. The summed E-state index contributed by atoms with van der Waals surface area (Å²) in [7, 11) is 1.41. The Labute approximate surface area is 109 Å². The molecule has 1 unspecified atom stereocenters. The predicted molar refractivity (Wildman–Crippen MR) is 68.2 cm³/mol. The third-order valence-electron chi connectivity index (χ3n) is 2.62. The van der Waals surface area contributed by atoms with Gasteiger partial charge < -0.3 is 10.5 Å². The Balaban J connectivity index is 2.37. The Morgan fingerprint density at radius 3 is 2.78 bits per heavy atom. The number of halogens is 2. The SMILES string of the molecule is COc1ccc(C(N)c2ncccc2Cl)cc1F. The molecule has 1 aromatic heterocycles. The molecule has 0 saturated heterocycles. The van der Waals surface area contributed by atoms with E-state index in [9.17, 15) is 4.39 Å². The minimum atomic E-state index is -0.570. The minimum Gasteiger partial charge on any atom is -0.494 e. The van der Waals surface area contributed by atoms with Gasteiger partial charge in [0.25, 0.3) is 0 Å². The molecule has 18 heavy (non-hydrogen) atoms. The highest BCUT2D eigenvalue weighted by Gasteiger charge is 2.15. The van der Waals surface area contributed by atoms with Crippen molar-refractivity contribution in [1.29, 1.82) is 0 Å². The van der Waals surface area contributed by atoms with Gasteiger partial charge in [-0.25, -0.2) is 4.39 Å². The second-order valence-electron chi connectivity index (χ2n) is 3.74. The van der Waals surface area contributed by atoms with E-state index in [-0.39, 0.29) is 5.75 Å². The summed E-state index contributed by atoms with van der Waals surface area (Å²) < 4.78 is 18.4. The van der Waals surface area contributed by atoms with Gasteiger partial charge in [-0.2, -0.15) is 0 Å². The summed E-state index contributed by atoms with van der Waals surface area (Å²) in [6, 6.07) is 7.39. The number of pyridine rings is 1. The fraction of sp³-hybridized carbons (Fsp3) is 0.154. The fourth-order valence-corrected chi connectivity index (χ4v) is 1.90. The number of ether oxygens (including phenoxy) is 1. The van der Waals surface area contributed by atoms with E-state index in [4.69, 9.17) is 22.1 Å². The minimum absolute atomic E-state index is 0.179. The van der Waals surface area contributed by atoms with E-state index in [0.29, 0.717) is 16.3 Å². The van der Waals surface area contributed by atoms with Gasteiger partial charge in [-0.3, -0.25) is 4.98 Å². The average Bonchev–Trinajstić information content (AvgIpc) is 2.38. The second kappa shape index (κ2) is 5.33. The first-order valence-corrected chi connectivity index (χ1v) is 5.70. The number of nitrogens with zero attached hydrogens (tertiary/aromatic N) is 1. The predicted octanol–water partition coefficient (Wildman–Crippen LogP) is 2.93. The highest BCUT2D eigenvalue weighted by Crippen LogP contribution is 2.27. The van der Waals surface area contributed by atoms with E-state index >= 15 is 0 Å². The third kappa shape index (κ3) is 2.44. The number of methoxy groups -OCH3 is 1. The topological polar surface area (TPSA) is 48.1 Å². The molecular formula is C13H12ClFN2O. The van der Waals surface area contributed by atoms with Crippen LogP contribution in [0.5, 0.6) is 5.75 Å². The Hall–Kier alpha value is -1.65. The van der Waals surface area contributed by atoms with Gasteiger partial charge in [0.1, 0.15) is 0 Å². The first-order valence-electron chi connectivity index (χ1n) is 5.33. The third-order valence-corrected chi connectivity index (χ3v) is 2.94. The van der Waals surface area contributed by atoms with Crippen molar-refractivity contribution < 1.29 is 9.13 Å². The molecule has 2 rings (SSSR count). The molecule has 0 saturated carbocycles. The first-order chi connectivity index (χ1) is 8.63. The maximum Gasteiger partial charge on any atom is 0.165 e. The van der Waals surface area contributed by atoms with Crippen LogP contribution in [-0.2, 0) is 0 Å². The van der Waals surface area contributed by atoms with Crippen molar-refractivity contribution in [2.24, 2.45) is 5.73 Å². The van der Waals surface area contributed by atoms with Gasteiger partial charge >= 0.3 is 0 Å². The summed E-state index contributed by atoms with van der Waals surface area (Å²) in [6.07, 6.45) is 1.60. The van der Waals surface area contributed by atoms with Crippen LogP contribution in [0, 0.1) is 5.82 Å². The molecule has 2 N–H and O–H groups in total. The number of hydrogen-bond acceptors (Lipinski definition) is 3. The molecule has 1 atom stereocenters. The zero-order chi connectivity index (χ0) is 13.1. The summed E-state index contributed by atoms with van der Waals surface area (Å²) in [5.41, 5.74) is 7.13. The van der Waals surface area contributed by atoms with Crippen molar-refractivity contribution in [3.63, 3.8) is 0 Å². The smallest absolute Gasteiger partial charge is 0.165 e. The van der Waals surface area contributed by atoms with Gasteiger partial charge in [0.05, 0.1) is 23.9 Å². The Bertz CT molecular complexity index is 562. The van der Waals surface area contributed by atoms with Crippen LogP contribution in [0.15, 0.2) is 36.5 Å². The van der Waals surface area contributed by atoms with Crippen molar-refractivity contribution in [3.8, 4) is 5.75 Å². The number of rotatable bonds is 3. The van der Waals surface area contributed by atoms with Crippen LogP contribution >= 0.6 is 11.6 Å². The van der Waals surface area contributed by atoms with E-state index < -0.39 is 11.9 Å². The van der Waals surface area contributed by atoms with Crippen LogP contribution in [0.3, 0.4) is 0 Å². The first kappa shape index (κ1) is 12.8. The standard InChI is InChI=1S/C13H12ClFN2O/c1-18-11-5-4-8(7-10(11)15)12(16)13-9(14)3-2-6-17-13/h2-7,12H,16H2,1H3. The van der Waals surface area contributed by atoms with Crippen molar-refractivity contribution in [3.05, 3.63) is 58.6 Å². The van der Waals surface area contributed by atoms with E-state index in [2.05, 4.69) is 4.98 Å². The van der Waals surface area contributed by atoms with Crippen LogP contribution in [0.2, 0.25) is 5.02 Å². The lowest BCUT2D eigenvalue weighted by molar-refractivity contribution is 0.386. The van der Waals surface area contributed by atoms with Gasteiger partial charge in [0.2, 0.25) is 0 Å². The largest absolute Gasteiger partial charge is 0.494 e. The number of nitrogens with two attached hydrogens (primary N) is 1. The van der Waals surface area contributed by atoms with Crippen LogP contribution in [-0.4, -0.2) is 12.1 Å². The van der Waals surface area contributed by atoms with Crippen LogP contribution < -0.4 is 10.5 Å². The lowest BCUT2D eigenvalue weighted by Crippen LogP contribution is -2.14.